The number of rotatable bonds is 4. The van der Waals surface area contributed by atoms with Crippen LogP contribution in [0.2, 0.25) is 0 Å². The number of H-pyrrole nitrogens is 1. The fraction of sp³-hybridized carbons (Fsp3) is 0.250. The minimum absolute atomic E-state index is 0.0869. The van der Waals surface area contributed by atoms with E-state index in [1.807, 2.05) is 60.7 Å². The summed E-state index contributed by atoms with van der Waals surface area (Å²) >= 11 is 0. The third-order valence-corrected chi connectivity index (χ3v) is 5.24. The molecular weight excluding hydrogens is 368 g/mol. The molecule has 0 saturated carbocycles. The van der Waals surface area contributed by atoms with Crippen LogP contribution in [-0.2, 0) is 0 Å². The van der Waals surface area contributed by atoms with Crippen LogP contribution in [0.1, 0.15) is 24.6 Å². The van der Waals surface area contributed by atoms with Gasteiger partial charge >= 0.3 is 5.69 Å². The van der Waals surface area contributed by atoms with Gasteiger partial charge in [0.25, 0.3) is 0 Å². The van der Waals surface area contributed by atoms with Crippen molar-refractivity contribution in [1.82, 2.24) is 35.0 Å². The lowest BCUT2D eigenvalue weighted by Crippen LogP contribution is -2.37. The van der Waals surface area contributed by atoms with Gasteiger partial charge in [-0.15, -0.1) is 0 Å². The molecule has 1 aliphatic heterocycles. The van der Waals surface area contributed by atoms with Crippen molar-refractivity contribution in [3.63, 3.8) is 0 Å². The predicted molar refractivity (Wildman–Crippen MR) is 108 cm³/mol. The predicted octanol–water partition coefficient (Wildman–Crippen LogP) is 1.92. The number of tetrazole rings is 1. The van der Waals surface area contributed by atoms with E-state index in [2.05, 4.69) is 30.6 Å². The molecule has 5 rings (SSSR count). The van der Waals surface area contributed by atoms with Crippen LogP contribution in [0.25, 0.3) is 11.4 Å². The molecule has 0 radical (unpaired) electrons. The molecule has 29 heavy (non-hydrogen) atoms. The fourth-order valence-corrected chi connectivity index (χ4v) is 3.90. The molecule has 0 amide bonds. The van der Waals surface area contributed by atoms with Crippen LogP contribution in [0.4, 0.5) is 5.95 Å². The molecule has 0 bridgehead atoms. The third kappa shape index (κ3) is 3.20. The Morgan fingerprint density at radius 1 is 0.966 bits per heavy atom. The number of nitrogens with zero attached hydrogens (tertiary/aromatic N) is 7. The van der Waals surface area contributed by atoms with Gasteiger partial charge in [-0.2, -0.15) is 9.78 Å². The van der Waals surface area contributed by atoms with Gasteiger partial charge in [0.05, 0.1) is 11.4 Å². The third-order valence-electron chi connectivity index (χ3n) is 5.24. The van der Waals surface area contributed by atoms with Crippen LogP contribution in [0.15, 0.2) is 65.5 Å². The SMILES string of the molecule is O=c1[nH]nc([C@H]2CCCN(c3nnnn3-c3ccccc3)C2)n1-c1ccccc1. The Labute approximate surface area is 166 Å². The molecule has 0 spiro atoms. The Hall–Kier alpha value is -3.75. The zero-order valence-corrected chi connectivity index (χ0v) is 15.7. The molecule has 1 atom stereocenters. The Morgan fingerprint density at radius 2 is 1.69 bits per heavy atom. The van der Waals surface area contributed by atoms with E-state index in [4.69, 9.17) is 0 Å². The first-order chi connectivity index (χ1) is 14.3. The van der Waals surface area contributed by atoms with Gasteiger partial charge in [0.2, 0.25) is 5.95 Å². The monoisotopic (exact) mass is 388 g/mol. The minimum atomic E-state index is -0.225. The van der Waals surface area contributed by atoms with E-state index in [-0.39, 0.29) is 11.6 Å². The molecule has 1 aliphatic rings. The molecule has 1 N–H and O–H groups in total. The lowest BCUT2D eigenvalue weighted by Gasteiger charge is -2.32. The summed E-state index contributed by atoms with van der Waals surface area (Å²) in [6.07, 6.45) is 1.91. The van der Waals surface area contributed by atoms with Crippen molar-refractivity contribution < 1.29 is 0 Å². The molecule has 4 aromatic rings. The molecule has 146 valence electrons. The van der Waals surface area contributed by atoms with Crippen LogP contribution in [-0.4, -0.2) is 48.1 Å². The summed E-state index contributed by atoms with van der Waals surface area (Å²) in [6, 6.07) is 19.4. The van der Waals surface area contributed by atoms with Crippen LogP contribution in [0.3, 0.4) is 0 Å². The molecular formula is C20H20N8O. The van der Waals surface area contributed by atoms with E-state index in [0.717, 1.165) is 36.6 Å². The van der Waals surface area contributed by atoms with E-state index < -0.39 is 0 Å². The molecule has 0 unspecified atom stereocenters. The first-order valence-electron chi connectivity index (χ1n) is 9.63. The molecule has 2 aromatic carbocycles. The van der Waals surface area contributed by atoms with Gasteiger partial charge in [-0.3, -0.25) is 0 Å². The van der Waals surface area contributed by atoms with E-state index >= 15 is 0 Å². The Bertz CT molecular complexity index is 1150. The molecule has 2 aromatic heterocycles. The lowest BCUT2D eigenvalue weighted by molar-refractivity contribution is 0.477. The number of hydrogen-bond donors (Lipinski definition) is 1. The summed E-state index contributed by atoms with van der Waals surface area (Å²) in [5.41, 5.74) is 1.50. The lowest BCUT2D eigenvalue weighted by atomic mass is 9.97. The normalized spacial score (nSPS) is 16.8. The van der Waals surface area contributed by atoms with Crippen LogP contribution < -0.4 is 10.6 Å². The zero-order valence-electron chi connectivity index (χ0n) is 15.7. The summed E-state index contributed by atoms with van der Waals surface area (Å²) < 4.78 is 3.41. The van der Waals surface area contributed by atoms with Crippen molar-refractivity contribution in [2.24, 2.45) is 0 Å². The fourth-order valence-electron chi connectivity index (χ4n) is 3.90. The molecule has 9 nitrogen and oxygen atoms in total. The highest BCUT2D eigenvalue weighted by atomic mass is 16.1. The number of nitrogens with one attached hydrogen (secondary N) is 1. The maximum Gasteiger partial charge on any atom is 0.347 e. The number of anilines is 1. The Balaban J connectivity index is 1.47. The van der Waals surface area contributed by atoms with Gasteiger partial charge in [0, 0.05) is 19.0 Å². The Morgan fingerprint density at radius 3 is 2.45 bits per heavy atom. The maximum atomic E-state index is 12.4. The summed E-state index contributed by atoms with van der Waals surface area (Å²) in [5, 5.41) is 19.3. The van der Waals surface area contributed by atoms with Gasteiger partial charge in [-0.05, 0) is 47.5 Å². The quantitative estimate of drug-likeness (QED) is 0.574. The van der Waals surface area contributed by atoms with Gasteiger partial charge in [0.1, 0.15) is 5.82 Å². The molecule has 3 heterocycles. The molecule has 9 heteroatoms. The van der Waals surface area contributed by atoms with Gasteiger partial charge in [-0.1, -0.05) is 41.5 Å². The van der Waals surface area contributed by atoms with Crippen molar-refractivity contribution >= 4 is 5.95 Å². The van der Waals surface area contributed by atoms with E-state index in [0.29, 0.717) is 12.5 Å². The van der Waals surface area contributed by atoms with Gasteiger partial charge < -0.3 is 4.90 Å². The minimum Gasteiger partial charge on any atom is -0.339 e. The van der Waals surface area contributed by atoms with Gasteiger partial charge in [-0.25, -0.2) is 14.5 Å². The van der Waals surface area contributed by atoms with E-state index in [9.17, 15) is 4.79 Å². The van der Waals surface area contributed by atoms with Crippen molar-refractivity contribution in [2.45, 2.75) is 18.8 Å². The Kier molecular flexibility index (Phi) is 4.39. The number of para-hydroxylation sites is 2. The second-order valence-electron chi connectivity index (χ2n) is 7.07. The van der Waals surface area contributed by atoms with Crippen molar-refractivity contribution in [1.29, 1.82) is 0 Å². The number of piperidine rings is 1. The number of hydrogen-bond acceptors (Lipinski definition) is 6. The van der Waals surface area contributed by atoms with Crippen molar-refractivity contribution in [3.8, 4) is 11.4 Å². The molecule has 1 saturated heterocycles. The average molecular weight is 388 g/mol. The highest BCUT2D eigenvalue weighted by molar-refractivity contribution is 5.41. The standard InChI is InChI=1S/C20H20N8O/c29-20-23-21-18(27(20)16-9-3-1-4-10-16)15-8-7-13-26(14-15)19-22-24-25-28(19)17-11-5-2-6-12-17/h1-6,9-12,15H,7-8,13-14H2,(H,23,29)/t15-/m0/s1. The summed E-state index contributed by atoms with van der Waals surface area (Å²) in [7, 11) is 0. The van der Waals surface area contributed by atoms with Crippen LogP contribution in [0.5, 0.6) is 0 Å². The highest BCUT2D eigenvalue weighted by Crippen LogP contribution is 2.29. The summed E-state index contributed by atoms with van der Waals surface area (Å²) in [4.78, 5) is 14.6. The van der Waals surface area contributed by atoms with E-state index in [1.54, 1.807) is 9.25 Å². The zero-order chi connectivity index (χ0) is 19.6. The van der Waals surface area contributed by atoms with E-state index in [1.165, 1.54) is 0 Å². The summed E-state index contributed by atoms with van der Waals surface area (Å²) in [5.74, 6) is 1.53. The van der Waals surface area contributed by atoms with Crippen LogP contribution in [0, 0.1) is 0 Å². The topological polar surface area (TPSA) is 97.5 Å². The number of benzene rings is 2. The molecule has 1 fully saturated rings. The maximum absolute atomic E-state index is 12.4. The van der Waals surface area contributed by atoms with Gasteiger partial charge in [0.15, 0.2) is 0 Å². The second kappa shape index (κ2) is 7.34. The summed E-state index contributed by atoms with van der Waals surface area (Å²) in [6.45, 7) is 1.54. The average Bonchev–Trinajstić information content (AvgIpc) is 3.42. The smallest absolute Gasteiger partial charge is 0.339 e. The highest BCUT2D eigenvalue weighted by Gasteiger charge is 2.29. The second-order valence-corrected chi connectivity index (χ2v) is 7.07. The first kappa shape index (κ1) is 17.4. The van der Waals surface area contributed by atoms with Crippen molar-refractivity contribution in [2.75, 3.05) is 18.0 Å². The van der Waals surface area contributed by atoms with Crippen LogP contribution >= 0.6 is 0 Å². The first-order valence-corrected chi connectivity index (χ1v) is 9.63. The number of aromatic amines is 1. The van der Waals surface area contributed by atoms with Crippen molar-refractivity contribution in [3.05, 3.63) is 77.0 Å². The largest absolute Gasteiger partial charge is 0.347 e. The molecule has 0 aliphatic carbocycles. The number of aromatic nitrogens is 7.